The Kier molecular flexibility index (Phi) is 10.2. The molecule has 11 heteroatoms. The van der Waals surface area contributed by atoms with Crippen molar-refractivity contribution in [2.45, 2.75) is 39.5 Å². The molecule has 0 radical (unpaired) electrons. The molecule has 2 heterocycles. The Morgan fingerprint density at radius 2 is 1.75 bits per heavy atom. The van der Waals surface area contributed by atoms with Crippen LogP contribution in [0.15, 0.2) is 60.8 Å². The predicted molar refractivity (Wildman–Crippen MR) is 167 cm³/mol. The Morgan fingerprint density at radius 1 is 1.00 bits per heavy atom. The largest absolute Gasteiger partial charge is 0.490 e. The number of aromatic nitrogens is 2. The minimum absolute atomic E-state index is 0.00665. The fourth-order valence-corrected chi connectivity index (χ4v) is 5.20. The van der Waals surface area contributed by atoms with Crippen molar-refractivity contribution in [3.05, 3.63) is 94.1 Å². The molecule has 1 amide bonds. The number of carbonyl (C=O) groups excluding carboxylic acids is 1. The molecule has 5 rings (SSSR count). The molecule has 8 nitrogen and oxygen atoms in total. The summed E-state index contributed by atoms with van der Waals surface area (Å²) in [6.45, 7) is 7.34. The monoisotopic (exact) mass is 621 g/mol. The van der Waals surface area contributed by atoms with Gasteiger partial charge >= 0.3 is 0 Å². The van der Waals surface area contributed by atoms with Gasteiger partial charge in [0.15, 0.2) is 11.6 Å². The molecule has 44 heavy (non-hydrogen) atoms. The molecule has 3 aromatic carbocycles. The van der Waals surface area contributed by atoms with Crippen molar-refractivity contribution in [1.29, 1.82) is 0 Å². The molecule has 1 aliphatic rings. The zero-order valence-electron chi connectivity index (χ0n) is 24.6. The van der Waals surface area contributed by atoms with Gasteiger partial charge in [0, 0.05) is 30.2 Å². The molecule has 4 aromatic rings. The van der Waals surface area contributed by atoms with Crippen LogP contribution < -0.4 is 20.1 Å². The number of halogens is 3. The Morgan fingerprint density at radius 3 is 2.48 bits per heavy atom. The van der Waals surface area contributed by atoms with E-state index in [2.05, 4.69) is 25.5 Å². The van der Waals surface area contributed by atoms with E-state index in [0.717, 1.165) is 43.2 Å². The van der Waals surface area contributed by atoms with Crippen molar-refractivity contribution in [2.75, 3.05) is 36.9 Å². The number of hydrogen-bond donors (Lipinski definition) is 2. The van der Waals surface area contributed by atoms with E-state index in [1.54, 1.807) is 12.1 Å². The maximum Gasteiger partial charge on any atom is 0.262 e. The number of para-hydroxylation sites is 1. The Labute approximate surface area is 260 Å². The van der Waals surface area contributed by atoms with Crippen LogP contribution in [-0.2, 0) is 0 Å². The minimum Gasteiger partial charge on any atom is -0.490 e. The second kappa shape index (κ2) is 14.5. The smallest absolute Gasteiger partial charge is 0.262 e. The maximum atomic E-state index is 14.9. The van der Waals surface area contributed by atoms with Crippen LogP contribution in [0, 0.1) is 25.5 Å². The van der Waals surface area contributed by atoms with E-state index >= 15 is 0 Å². The van der Waals surface area contributed by atoms with Gasteiger partial charge < -0.3 is 25.0 Å². The molecular formula is C33H34ClF2N5O3. The summed E-state index contributed by atoms with van der Waals surface area (Å²) in [5, 5.41) is 5.82. The van der Waals surface area contributed by atoms with Crippen molar-refractivity contribution in [1.82, 2.24) is 14.9 Å². The number of ether oxygens (including phenoxy) is 2. The van der Waals surface area contributed by atoms with Crippen LogP contribution >= 0.6 is 11.6 Å². The quantitative estimate of drug-likeness (QED) is 0.164. The molecule has 0 unspecified atom stereocenters. The predicted octanol–water partition coefficient (Wildman–Crippen LogP) is 8.07. The van der Waals surface area contributed by atoms with E-state index in [1.165, 1.54) is 43.7 Å². The number of hydrogen-bond acceptors (Lipinski definition) is 7. The van der Waals surface area contributed by atoms with E-state index in [9.17, 15) is 13.6 Å². The topological polar surface area (TPSA) is 88.6 Å². The van der Waals surface area contributed by atoms with E-state index in [0.29, 0.717) is 18.0 Å². The number of aryl methyl sites for hydroxylation is 2. The third-order valence-electron chi connectivity index (χ3n) is 7.33. The average Bonchev–Trinajstić information content (AvgIpc) is 3.00. The summed E-state index contributed by atoms with van der Waals surface area (Å²) in [4.78, 5) is 24.4. The Hall–Kier alpha value is -4.28. The minimum atomic E-state index is -0.545. The standard InChI is InChI=1S/C33H34ClF2N5O3/c1-21-8-6-9-22(2)30(21)39-31(42)25-20-37-33(40-32(25)44-28-12-10-23(35)18-26(28)34)38-24-11-13-29(27(36)19-24)43-17-7-16-41-14-4-3-5-15-41/h6,8-13,18-20H,3-5,7,14-17H2,1-2H3,(H,39,42)(H,37,38,40). The number of carbonyl (C=O) groups is 1. The molecule has 0 aliphatic carbocycles. The summed E-state index contributed by atoms with van der Waals surface area (Å²) in [6.07, 6.45) is 5.85. The molecule has 1 fully saturated rings. The summed E-state index contributed by atoms with van der Waals surface area (Å²) in [5.41, 5.74) is 2.77. The second-order valence-corrected chi connectivity index (χ2v) is 11.1. The Balaban J connectivity index is 1.32. The summed E-state index contributed by atoms with van der Waals surface area (Å²) in [5.74, 6) is -1.44. The molecule has 1 aliphatic heterocycles. The highest BCUT2D eigenvalue weighted by Crippen LogP contribution is 2.32. The van der Waals surface area contributed by atoms with Crippen molar-refractivity contribution in [3.8, 4) is 17.4 Å². The van der Waals surface area contributed by atoms with E-state index in [4.69, 9.17) is 21.1 Å². The van der Waals surface area contributed by atoms with Gasteiger partial charge in [-0.2, -0.15) is 4.98 Å². The van der Waals surface area contributed by atoms with E-state index < -0.39 is 17.5 Å². The van der Waals surface area contributed by atoms with Crippen molar-refractivity contribution in [3.63, 3.8) is 0 Å². The molecular weight excluding hydrogens is 588 g/mol. The Bertz CT molecular complexity index is 1610. The summed E-state index contributed by atoms with van der Waals surface area (Å²) in [6, 6.07) is 13.7. The molecule has 2 N–H and O–H groups in total. The summed E-state index contributed by atoms with van der Waals surface area (Å²) < 4.78 is 40.1. The molecule has 0 bridgehead atoms. The number of amides is 1. The van der Waals surface area contributed by atoms with Gasteiger partial charge in [-0.25, -0.2) is 13.8 Å². The van der Waals surface area contributed by atoms with Crippen LogP contribution in [0.1, 0.15) is 47.2 Å². The van der Waals surface area contributed by atoms with Gasteiger partial charge in [0.25, 0.3) is 5.91 Å². The first-order chi connectivity index (χ1) is 21.3. The van der Waals surface area contributed by atoms with E-state index in [1.807, 2.05) is 32.0 Å². The van der Waals surface area contributed by atoms with E-state index in [-0.39, 0.29) is 33.9 Å². The fraction of sp³-hybridized carbons (Fsp3) is 0.303. The first kappa shape index (κ1) is 31.2. The lowest BCUT2D eigenvalue weighted by Crippen LogP contribution is -2.31. The first-order valence-corrected chi connectivity index (χ1v) is 14.9. The number of rotatable bonds is 11. The molecule has 0 spiro atoms. The van der Waals surface area contributed by atoms with Crippen molar-refractivity contribution < 1.29 is 23.0 Å². The van der Waals surface area contributed by atoms with Crippen LogP contribution in [0.3, 0.4) is 0 Å². The molecule has 0 atom stereocenters. The van der Waals surface area contributed by atoms with Crippen LogP contribution in [-0.4, -0.2) is 47.0 Å². The van der Waals surface area contributed by atoms with Crippen LogP contribution in [0.25, 0.3) is 0 Å². The number of likely N-dealkylation sites (tertiary alicyclic amines) is 1. The fourth-order valence-electron chi connectivity index (χ4n) is 4.99. The maximum absolute atomic E-state index is 14.9. The lowest BCUT2D eigenvalue weighted by molar-refractivity contribution is 0.102. The van der Waals surface area contributed by atoms with Crippen LogP contribution in [0.4, 0.5) is 26.1 Å². The zero-order valence-corrected chi connectivity index (χ0v) is 25.4. The van der Waals surface area contributed by atoms with Gasteiger partial charge in [-0.3, -0.25) is 4.79 Å². The number of nitrogens with zero attached hydrogens (tertiary/aromatic N) is 3. The summed E-state index contributed by atoms with van der Waals surface area (Å²) in [7, 11) is 0. The zero-order chi connectivity index (χ0) is 31.1. The summed E-state index contributed by atoms with van der Waals surface area (Å²) >= 11 is 6.19. The lowest BCUT2D eigenvalue weighted by Gasteiger charge is -2.26. The van der Waals surface area contributed by atoms with Gasteiger partial charge in [0.05, 0.1) is 11.6 Å². The van der Waals surface area contributed by atoms with Gasteiger partial charge in [-0.05, 0) is 87.7 Å². The SMILES string of the molecule is Cc1cccc(C)c1NC(=O)c1cnc(Nc2ccc(OCCCN3CCCCC3)c(F)c2)nc1Oc1ccc(F)cc1Cl. The highest BCUT2D eigenvalue weighted by Gasteiger charge is 2.20. The number of nitrogens with one attached hydrogen (secondary N) is 2. The number of anilines is 3. The van der Waals surface area contributed by atoms with Gasteiger partial charge in [0.1, 0.15) is 17.1 Å². The molecule has 1 aromatic heterocycles. The van der Waals surface area contributed by atoms with Gasteiger partial charge in [0.2, 0.25) is 11.8 Å². The van der Waals surface area contributed by atoms with Gasteiger partial charge in [-0.1, -0.05) is 36.2 Å². The molecule has 0 saturated carbocycles. The number of benzene rings is 3. The van der Waals surface area contributed by atoms with Gasteiger partial charge in [-0.15, -0.1) is 0 Å². The van der Waals surface area contributed by atoms with Crippen LogP contribution in [0.5, 0.6) is 17.4 Å². The number of piperidine rings is 1. The normalized spacial score (nSPS) is 13.4. The highest BCUT2D eigenvalue weighted by molar-refractivity contribution is 6.32. The van der Waals surface area contributed by atoms with Crippen LogP contribution in [0.2, 0.25) is 5.02 Å². The second-order valence-electron chi connectivity index (χ2n) is 10.7. The van der Waals surface area contributed by atoms with Crippen molar-refractivity contribution in [2.24, 2.45) is 0 Å². The third kappa shape index (κ3) is 8.00. The molecule has 230 valence electrons. The molecule has 1 saturated heterocycles. The lowest BCUT2D eigenvalue weighted by atomic mass is 10.1. The average molecular weight is 622 g/mol. The highest BCUT2D eigenvalue weighted by atomic mass is 35.5. The van der Waals surface area contributed by atoms with Crippen molar-refractivity contribution >= 4 is 34.8 Å². The first-order valence-electron chi connectivity index (χ1n) is 14.6. The third-order valence-corrected chi connectivity index (χ3v) is 7.63.